The summed E-state index contributed by atoms with van der Waals surface area (Å²) in [5.41, 5.74) is 1.71. The molecule has 0 saturated carbocycles. The highest BCUT2D eigenvalue weighted by Crippen LogP contribution is 2.14. The average Bonchev–Trinajstić information content (AvgIpc) is 3.54. The third-order valence-corrected chi connectivity index (χ3v) is 5.02. The second-order valence-corrected chi connectivity index (χ2v) is 7.22. The molecule has 10 nitrogen and oxygen atoms in total. The molecule has 10 heteroatoms. The quantitative estimate of drug-likeness (QED) is 0.442. The van der Waals surface area contributed by atoms with E-state index in [1.807, 2.05) is 58.3 Å². The van der Waals surface area contributed by atoms with E-state index < -0.39 is 11.9 Å². The van der Waals surface area contributed by atoms with Crippen LogP contribution in [0.3, 0.4) is 0 Å². The maximum atomic E-state index is 12.7. The van der Waals surface area contributed by atoms with Crippen LogP contribution in [-0.2, 0) is 9.59 Å². The number of aromatic nitrogens is 1. The van der Waals surface area contributed by atoms with E-state index in [1.54, 1.807) is 12.1 Å². The van der Waals surface area contributed by atoms with Crippen LogP contribution in [0.25, 0.3) is 5.69 Å². The van der Waals surface area contributed by atoms with Crippen molar-refractivity contribution in [3.63, 3.8) is 0 Å². The van der Waals surface area contributed by atoms with Gasteiger partial charge in [-0.1, -0.05) is 0 Å². The minimum Gasteiger partial charge on any atom is -0.473 e. The normalized spacial score (nSPS) is 13.6. The second-order valence-electron chi connectivity index (χ2n) is 7.22. The smallest absolute Gasteiger partial charge is 0.414 e. The summed E-state index contributed by atoms with van der Waals surface area (Å²) in [7, 11) is 0. The largest absolute Gasteiger partial charge is 0.473 e. The Hall–Kier alpha value is -4.18. The molecule has 172 valence electrons. The Morgan fingerprint density at radius 2 is 1.42 bits per heavy atom. The average molecular weight is 453 g/mol. The summed E-state index contributed by atoms with van der Waals surface area (Å²) >= 11 is 0. The molecular formula is C23H23N3O7. The lowest BCUT2D eigenvalue weighted by molar-refractivity contribution is -0.159. The minimum absolute atomic E-state index is 0.0274. The van der Waals surface area contributed by atoms with Crippen LogP contribution in [0.5, 0.6) is 0 Å². The molecular weight excluding hydrogens is 430 g/mol. The Bertz CT molecular complexity index is 1070. The number of aliphatic carboxylic acids is 2. The van der Waals surface area contributed by atoms with Crippen LogP contribution in [-0.4, -0.2) is 80.9 Å². The molecule has 33 heavy (non-hydrogen) atoms. The highest BCUT2D eigenvalue weighted by Gasteiger charge is 2.24. The topological polar surface area (TPSA) is 133 Å². The van der Waals surface area contributed by atoms with Crippen molar-refractivity contribution >= 4 is 23.6 Å². The van der Waals surface area contributed by atoms with Gasteiger partial charge >= 0.3 is 11.9 Å². The third-order valence-electron chi connectivity index (χ3n) is 5.02. The molecule has 2 aromatic heterocycles. The molecule has 1 aliphatic rings. The van der Waals surface area contributed by atoms with Crippen LogP contribution in [0.1, 0.15) is 20.9 Å². The number of rotatable bonds is 5. The Morgan fingerprint density at radius 3 is 1.94 bits per heavy atom. The minimum atomic E-state index is -1.82. The molecule has 2 N–H and O–H groups in total. The lowest BCUT2D eigenvalue weighted by Crippen LogP contribution is -2.49. The van der Waals surface area contributed by atoms with Crippen LogP contribution in [0, 0.1) is 0 Å². The number of hydrogen-bond donors (Lipinski definition) is 2. The van der Waals surface area contributed by atoms with Gasteiger partial charge in [0.2, 0.25) is 5.78 Å². The number of hydrogen-bond acceptors (Lipinski definition) is 6. The van der Waals surface area contributed by atoms with Gasteiger partial charge in [0.25, 0.3) is 5.91 Å². The van der Waals surface area contributed by atoms with E-state index in [9.17, 15) is 9.59 Å². The van der Waals surface area contributed by atoms with Crippen molar-refractivity contribution in [3.05, 3.63) is 78.5 Å². The Kier molecular flexibility index (Phi) is 7.77. The lowest BCUT2D eigenvalue weighted by Gasteiger charge is -2.34. The number of carbonyl (C=O) groups is 4. The zero-order valence-corrected chi connectivity index (χ0v) is 17.7. The molecule has 4 rings (SSSR count). The predicted molar refractivity (Wildman–Crippen MR) is 116 cm³/mol. The molecule has 0 spiro atoms. The highest BCUT2D eigenvalue weighted by molar-refractivity contribution is 6.27. The summed E-state index contributed by atoms with van der Waals surface area (Å²) in [5.74, 6) is -3.26. The summed E-state index contributed by atoms with van der Waals surface area (Å²) in [4.78, 5) is 47.0. The second kappa shape index (κ2) is 10.9. The maximum Gasteiger partial charge on any atom is 0.414 e. The molecule has 0 unspecified atom stereocenters. The first-order chi connectivity index (χ1) is 15.8. The molecule has 1 aliphatic heterocycles. The van der Waals surface area contributed by atoms with Crippen molar-refractivity contribution in [3.8, 4) is 5.69 Å². The number of furan rings is 1. The molecule has 1 saturated heterocycles. The van der Waals surface area contributed by atoms with E-state index >= 15 is 0 Å². The number of piperazine rings is 1. The summed E-state index contributed by atoms with van der Waals surface area (Å²) < 4.78 is 7.15. The van der Waals surface area contributed by atoms with E-state index in [0.29, 0.717) is 44.0 Å². The summed E-state index contributed by atoms with van der Waals surface area (Å²) in [6.07, 6.45) is 5.45. The van der Waals surface area contributed by atoms with E-state index in [-0.39, 0.29) is 11.7 Å². The highest BCUT2D eigenvalue weighted by atomic mass is 16.4. The van der Waals surface area contributed by atoms with E-state index in [1.165, 1.54) is 6.26 Å². The van der Waals surface area contributed by atoms with Crippen LogP contribution in [0.15, 0.2) is 71.6 Å². The zero-order chi connectivity index (χ0) is 23.8. The van der Waals surface area contributed by atoms with Crippen LogP contribution in [0.2, 0.25) is 0 Å². The van der Waals surface area contributed by atoms with Gasteiger partial charge in [-0.25, -0.2) is 9.59 Å². The monoisotopic (exact) mass is 453 g/mol. The fourth-order valence-electron chi connectivity index (χ4n) is 3.29. The maximum absolute atomic E-state index is 12.7. The zero-order valence-electron chi connectivity index (χ0n) is 17.7. The Morgan fingerprint density at radius 1 is 0.818 bits per heavy atom. The van der Waals surface area contributed by atoms with Gasteiger partial charge in [-0.2, -0.15) is 0 Å². The molecule has 3 heterocycles. The van der Waals surface area contributed by atoms with Gasteiger partial charge in [0, 0.05) is 49.8 Å². The number of ketones is 1. The number of carboxylic acid groups (broad SMARTS) is 2. The summed E-state index contributed by atoms with van der Waals surface area (Å²) in [6, 6.07) is 15.0. The lowest BCUT2D eigenvalue weighted by atomic mass is 10.1. The molecule has 1 amide bonds. The van der Waals surface area contributed by atoms with Gasteiger partial charge in [0.1, 0.15) is 0 Å². The predicted octanol–water partition coefficient (Wildman–Crippen LogP) is 1.87. The fraction of sp³-hybridized carbons (Fsp3) is 0.217. The van der Waals surface area contributed by atoms with E-state index in [4.69, 9.17) is 24.2 Å². The molecule has 1 fully saturated rings. The Labute approximate surface area is 189 Å². The Balaban J connectivity index is 0.000000454. The molecule has 0 atom stereocenters. The van der Waals surface area contributed by atoms with Crippen LogP contribution in [0.4, 0.5) is 0 Å². The van der Waals surface area contributed by atoms with Gasteiger partial charge in [-0.3, -0.25) is 14.5 Å². The fourth-order valence-corrected chi connectivity index (χ4v) is 3.29. The molecule has 0 radical (unpaired) electrons. The SMILES string of the molecule is O=C(CN1CCN(C(=O)c2ccc(-n3cccc3)cc2)CC1)c1ccco1.O=C(O)C(=O)O. The number of Topliss-reactive ketones (excluding diaryl/α,β-unsaturated/α-hetero) is 1. The van der Waals surface area contributed by atoms with E-state index in [2.05, 4.69) is 4.90 Å². The molecule has 0 bridgehead atoms. The first-order valence-electron chi connectivity index (χ1n) is 10.1. The van der Waals surface area contributed by atoms with Crippen molar-refractivity contribution in [2.45, 2.75) is 0 Å². The van der Waals surface area contributed by atoms with Crippen molar-refractivity contribution in [2.24, 2.45) is 0 Å². The first kappa shape index (κ1) is 23.5. The first-order valence-corrected chi connectivity index (χ1v) is 10.1. The van der Waals surface area contributed by atoms with Gasteiger partial charge in [-0.15, -0.1) is 0 Å². The number of amides is 1. The van der Waals surface area contributed by atoms with Gasteiger partial charge < -0.3 is 24.1 Å². The number of benzene rings is 1. The molecule has 3 aromatic rings. The van der Waals surface area contributed by atoms with Crippen molar-refractivity contribution < 1.29 is 33.8 Å². The van der Waals surface area contributed by atoms with Gasteiger partial charge in [-0.05, 0) is 48.5 Å². The molecule has 1 aromatic carbocycles. The number of nitrogens with zero attached hydrogens (tertiary/aromatic N) is 3. The number of carbonyl (C=O) groups excluding carboxylic acids is 2. The molecule has 0 aliphatic carbocycles. The van der Waals surface area contributed by atoms with Crippen LogP contribution >= 0.6 is 0 Å². The number of carboxylic acids is 2. The van der Waals surface area contributed by atoms with Crippen molar-refractivity contribution in [1.82, 2.24) is 14.4 Å². The van der Waals surface area contributed by atoms with Gasteiger partial charge in [0.05, 0.1) is 12.8 Å². The summed E-state index contributed by atoms with van der Waals surface area (Å²) in [6.45, 7) is 2.91. The standard InChI is InChI=1S/C21H21N3O3.C2H2O4/c25-19(20-4-3-15-27-20)16-22-11-13-24(14-12-22)21(26)17-5-7-18(8-6-17)23-9-1-2-10-23;3-1(4)2(5)6/h1-10,15H,11-14,16H2;(H,3,4)(H,5,6). The third kappa shape index (κ3) is 6.40. The van der Waals surface area contributed by atoms with Crippen molar-refractivity contribution in [1.29, 1.82) is 0 Å². The van der Waals surface area contributed by atoms with Crippen molar-refractivity contribution in [2.75, 3.05) is 32.7 Å². The summed E-state index contributed by atoms with van der Waals surface area (Å²) in [5, 5.41) is 14.8. The van der Waals surface area contributed by atoms with Gasteiger partial charge in [0.15, 0.2) is 5.76 Å². The van der Waals surface area contributed by atoms with E-state index in [0.717, 1.165) is 5.69 Å². The van der Waals surface area contributed by atoms with Crippen LogP contribution < -0.4 is 0 Å².